The van der Waals surface area contributed by atoms with Gasteiger partial charge in [-0.15, -0.1) is 0 Å². The predicted octanol–water partition coefficient (Wildman–Crippen LogP) is 1.16. The van der Waals surface area contributed by atoms with Gasteiger partial charge in [0.25, 0.3) is 0 Å². The van der Waals surface area contributed by atoms with Crippen molar-refractivity contribution in [2.45, 2.75) is 45.4 Å². The molecule has 0 bridgehead atoms. The minimum Gasteiger partial charge on any atom is -0.356 e. The van der Waals surface area contributed by atoms with Crippen LogP contribution in [0.15, 0.2) is 4.99 Å². The van der Waals surface area contributed by atoms with Crippen LogP contribution < -0.4 is 10.6 Å². The Balaban J connectivity index is 1.73. The summed E-state index contributed by atoms with van der Waals surface area (Å²) >= 11 is 0. The van der Waals surface area contributed by atoms with Gasteiger partial charge >= 0.3 is 0 Å². The average Bonchev–Trinajstić information content (AvgIpc) is 3.10. The van der Waals surface area contributed by atoms with Crippen LogP contribution in [0.5, 0.6) is 0 Å². The molecule has 1 saturated heterocycles. The van der Waals surface area contributed by atoms with Gasteiger partial charge in [0.2, 0.25) is 10.0 Å². The molecule has 1 heterocycles. The van der Waals surface area contributed by atoms with Gasteiger partial charge in [-0.25, -0.2) is 12.7 Å². The van der Waals surface area contributed by atoms with E-state index < -0.39 is 10.0 Å². The second-order valence-electron chi connectivity index (χ2n) is 6.48. The quantitative estimate of drug-likeness (QED) is 0.566. The summed E-state index contributed by atoms with van der Waals surface area (Å²) < 4.78 is 25.0. The Labute approximate surface area is 134 Å². The fourth-order valence-corrected chi connectivity index (χ4v) is 5.04. The molecule has 0 aromatic heterocycles. The van der Waals surface area contributed by atoms with E-state index in [0.717, 1.165) is 18.9 Å². The molecule has 0 atom stereocenters. The summed E-state index contributed by atoms with van der Waals surface area (Å²) in [5.74, 6) is 1.07. The van der Waals surface area contributed by atoms with Crippen LogP contribution in [0.4, 0.5) is 0 Å². The second kappa shape index (κ2) is 7.64. The third-order valence-corrected chi connectivity index (χ3v) is 7.08. The lowest BCUT2D eigenvalue weighted by Crippen LogP contribution is -2.45. The van der Waals surface area contributed by atoms with Crippen molar-refractivity contribution in [3.05, 3.63) is 0 Å². The van der Waals surface area contributed by atoms with Gasteiger partial charge in [-0.1, -0.05) is 19.8 Å². The molecule has 2 rings (SSSR count). The van der Waals surface area contributed by atoms with Crippen LogP contribution in [0, 0.1) is 5.41 Å². The number of hydrogen-bond donors (Lipinski definition) is 2. The number of sulfonamides is 1. The Morgan fingerprint density at radius 3 is 2.50 bits per heavy atom. The number of guanidine groups is 1. The molecule has 0 aromatic carbocycles. The SMILES string of the molecule is CCC1(CNC(=NC)NCCN2CCCS2(=O)=O)CCCC1. The maximum atomic E-state index is 11.7. The van der Waals surface area contributed by atoms with Crippen LogP contribution in [0.25, 0.3) is 0 Å². The number of hydrogen-bond acceptors (Lipinski definition) is 3. The molecule has 1 aliphatic heterocycles. The van der Waals surface area contributed by atoms with Crippen molar-refractivity contribution in [2.24, 2.45) is 10.4 Å². The van der Waals surface area contributed by atoms with Crippen LogP contribution in [-0.4, -0.2) is 57.7 Å². The van der Waals surface area contributed by atoms with Crippen molar-refractivity contribution in [3.8, 4) is 0 Å². The minimum atomic E-state index is -3.00. The molecule has 7 heteroatoms. The zero-order valence-corrected chi connectivity index (χ0v) is 14.7. The maximum Gasteiger partial charge on any atom is 0.214 e. The zero-order valence-electron chi connectivity index (χ0n) is 13.9. The summed E-state index contributed by atoms with van der Waals surface area (Å²) in [6, 6.07) is 0. The van der Waals surface area contributed by atoms with E-state index in [2.05, 4.69) is 22.5 Å². The lowest BCUT2D eigenvalue weighted by Gasteiger charge is -2.28. The molecule has 128 valence electrons. The summed E-state index contributed by atoms with van der Waals surface area (Å²) in [5.41, 5.74) is 0.413. The molecule has 22 heavy (non-hydrogen) atoms. The first-order chi connectivity index (χ1) is 10.5. The Bertz CT molecular complexity index is 484. The van der Waals surface area contributed by atoms with Crippen molar-refractivity contribution in [2.75, 3.05) is 39.0 Å². The molecule has 2 fully saturated rings. The third-order valence-electron chi connectivity index (χ3n) is 5.13. The van der Waals surface area contributed by atoms with E-state index in [1.54, 1.807) is 11.4 Å². The smallest absolute Gasteiger partial charge is 0.214 e. The molecule has 6 nitrogen and oxygen atoms in total. The topological polar surface area (TPSA) is 73.8 Å². The molecule has 0 amide bonds. The largest absolute Gasteiger partial charge is 0.356 e. The Morgan fingerprint density at radius 1 is 1.23 bits per heavy atom. The van der Waals surface area contributed by atoms with Crippen LogP contribution in [0.1, 0.15) is 45.4 Å². The van der Waals surface area contributed by atoms with E-state index in [1.165, 1.54) is 32.1 Å². The van der Waals surface area contributed by atoms with Gasteiger partial charge in [0.1, 0.15) is 0 Å². The van der Waals surface area contributed by atoms with Gasteiger partial charge in [0, 0.05) is 33.2 Å². The summed E-state index contributed by atoms with van der Waals surface area (Å²) in [6.07, 6.45) is 7.18. The molecule has 2 aliphatic rings. The lowest BCUT2D eigenvalue weighted by molar-refractivity contribution is 0.283. The highest BCUT2D eigenvalue weighted by Gasteiger charge is 2.32. The monoisotopic (exact) mass is 330 g/mol. The van der Waals surface area contributed by atoms with Crippen molar-refractivity contribution < 1.29 is 8.42 Å². The molecule has 0 unspecified atom stereocenters. The van der Waals surface area contributed by atoms with Crippen molar-refractivity contribution in [3.63, 3.8) is 0 Å². The highest BCUT2D eigenvalue weighted by atomic mass is 32.2. The highest BCUT2D eigenvalue weighted by molar-refractivity contribution is 7.89. The Morgan fingerprint density at radius 2 is 1.95 bits per heavy atom. The Hall–Kier alpha value is -0.820. The fourth-order valence-electron chi connectivity index (χ4n) is 3.51. The first-order valence-electron chi connectivity index (χ1n) is 8.44. The summed E-state index contributed by atoms with van der Waals surface area (Å²) in [5, 5.41) is 6.65. The van der Waals surface area contributed by atoms with E-state index in [9.17, 15) is 8.42 Å². The van der Waals surface area contributed by atoms with Gasteiger partial charge in [-0.2, -0.15) is 0 Å². The molecular weight excluding hydrogens is 300 g/mol. The van der Waals surface area contributed by atoms with Gasteiger partial charge in [-0.3, -0.25) is 4.99 Å². The van der Waals surface area contributed by atoms with E-state index in [4.69, 9.17) is 0 Å². The van der Waals surface area contributed by atoms with Crippen LogP contribution >= 0.6 is 0 Å². The van der Waals surface area contributed by atoms with Crippen molar-refractivity contribution in [1.82, 2.24) is 14.9 Å². The predicted molar refractivity (Wildman–Crippen MR) is 90.5 cm³/mol. The van der Waals surface area contributed by atoms with Gasteiger partial charge in [-0.05, 0) is 31.1 Å². The van der Waals surface area contributed by atoms with Crippen molar-refractivity contribution >= 4 is 16.0 Å². The number of rotatable bonds is 6. The summed E-state index contributed by atoms with van der Waals surface area (Å²) in [7, 11) is -1.24. The van der Waals surface area contributed by atoms with Crippen LogP contribution in [0.3, 0.4) is 0 Å². The molecule has 0 radical (unpaired) electrons. The van der Waals surface area contributed by atoms with Crippen molar-refractivity contribution in [1.29, 1.82) is 0 Å². The standard InChI is InChI=1S/C15H30N4O2S/c1-3-15(7-4-5-8-15)13-18-14(16-2)17-9-11-19-10-6-12-22(19,20)21/h3-13H2,1-2H3,(H2,16,17,18). The summed E-state index contributed by atoms with van der Waals surface area (Å²) in [6.45, 7) is 4.97. The fraction of sp³-hybridized carbons (Fsp3) is 0.933. The summed E-state index contributed by atoms with van der Waals surface area (Å²) in [4.78, 5) is 4.24. The molecule has 0 spiro atoms. The molecule has 2 N–H and O–H groups in total. The first-order valence-corrected chi connectivity index (χ1v) is 10.0. The Kier molecular flexibility index (Phi) is 6.09. The number of nitrogens with zero attached hydrogens (tertiary/aromatic N) is 2. The third kappa shape index (κ3) is 4.35. The van der Waals surface area contributed by atoms with E-state index in [-0.39, 0.29) is 0 Å². The zero-order chi connectivity index (χ0) is 16.1. The number of aliphatic imine (C=N–C) groups is 1. The molecule has 1 aliphatic carbocycles. The van der Waals surface area contributed by atoms with E-state index in [0.29, 0.717) is 30.8 Å². The highest BCUT2D eigenvalue weighted by Crippen LogP contribution is 2.40. The normalized spacial score (nSPS) is 24.5. The molecule has 0 aromatic rings. The van der Waals surface area contributed by atoms with Gasteiger partial charge in [0.15, 0.2) is 5.96 Å². The minimum absolute atomic E-state index is 0.291. The van der Waals surface area contributed by atoms with Gasteiger partial charge < -0.3 is 10.6 Å². The van der Waals surface area contributed by atoms with Crippen LogP contribution in [-0.2, 0) is 10.0 Å². The number of nitrogens with one attached hydrogen (secondary N) is 2. The lowest BCUT2D eigenvalue weighted by atomic mass is 9.83. The van der Waals surface area contributed by atoms with E-state index >= 15 is 0 Å². The van der Waals surface area contributed by atoms with Crippen LogP contribution in [0.2, 0.25) is 0 Å². The first kappa shape index (κ1) is 17.5. The van der Waals surface area contributed by atoms with E-state index in [1.807, 2.05) is 0 Å². The van der Waals surface area contributed by atoms with Gasteiger partial charge in [0.05, 0.1) is 5.75 Å². The average molecular weight is 330 g/mol. The molecular formula is C15H30N4O2S. The molecule has 1 saturated carbocycles. The maximum absolute atomic E-state index is 11.7. The second-order valence-corrected chi connectivity index (χ2v) is 8.57.